The third kappa shape index (κ3) is 5.12. The summed E-state index contributed by atoms with van der Waals surface area (Å²) >= 11 is -0.269. The second-order valence-corrected chi connectivity index (χ2v) is 16.2. The number of rotatable bonds is 7. The van der Waals surface area contributed by atoms with Crippen LogP contribution >= 0.6 is 0 Å². The summed E-state index contributed by atoms with van der Waals surface area (Å²) in [6.45, 7) is 12.3. The van der Waals surface area contributed by atoms with Crippen molar-refractivity contribution in [3.8, 4) is 11.3 Å². The fourth-order valence-corrected chi connectivity index (χ4v) is 9.47. The molecular formula is C31H34FIN7O3-. The molecule has 1 N–H and O–H groups in total. The standard InChI is InChI=1S/C31H34FIN7O3/c1-15(2)27(32)17(4)36-29(43)24-10-31(7)30(33-31)40(24)26(42)14-38-13-22(19(6)41)21-9-23(35-18(5)28(21)38)20-11-34-25-8-16(3)37-39(25)12-20/h8-9,11-13,17,24,30H,10,14H2,1-7H3,(H,36,43)/q-1/t17-,24-,30-,31+/m0/s1. The van der Waals surface area contributed by atoms with E-state index in [-0.39, 0.29) is 58.6 Å². The molecule has 4 aromatic heterocycles. The minimum atomic E-state index is -0.767. The Hall–Kier alpha value is -3.68. The van der Waals surface area contributed by atoms with Gasteiger partial charge >= 0.3 is 230 Å². The Morgan fingerprint density at radius 1 is 1.19 bits per heavy atom. The first kappa shape index (κ1) is 29.4. The number of likely N-dealkylation sites (tertiary alicyclic amines) is 1. The number of carbonyl (C=O) groups excluding carboxylic acids is 3. The topological polar surface area (TPSA) is 114 Å². The Morgan fingerprint density at radius 2 is 1.93 bits per heavy atom. The number of halogens is 2. The third-order valence-electron chi connectivity index (χ3n) is 8.22. The first-order valence-electron chi connectivity index (χ1n) is 14.2. The molecule has 2 aliphatic rings. The monoisotopic (exact) mass is 698 g/mol. The molecule has 12 heteroatoms. The zero-order valence-electron chi connectivity index (χ0n) is 25.2. The summed E-state index contributed by atoms with van der Waals surface area (Å²) in [5, 5.41) is 7.92. The van der Waals surface area contributed by atoms with Crippen molar-refractivity contribution in [2.75, 3.05) is 0 Å². The predicted molar refractivity (Wildman–Crippen MR) is 156 cm³/mol. The number of aromatic nitrogens is 5. The summed E-state index contributed by atoms with van der Waals surface area (Å²) in [6, 6.07) is 2.32. The van der Waals surface area contributed by atoms with E-state index >= 15 is 0 Å². The number of nitrogens with zero attached hydrogens (tertiary/aromatic N) is 6. The first-order chi connectivity index (χ1) is 20.3. The molecule has 0 aromatic carbocycles. The molecule has 0 bridgehead atoms. The van der Waals surface area contributed by atoms with Gasteiger partial charge in [0.2, 0.25) is 0 Å². The van der Waals surface area contributed by atoms with Crippen molar-refractivity contribution in [3.05, 3.63) is 59.1 Å². The zero-order valence-corrected chi connectivity index (χ0v) is 27.4. The molecule has 4 aromatic rings. The van der Waals surface area contributed by atoms with Crippen LogP contribution in [0.5, 0.6) is 0 Å². The first-order valence-corrected chi connectivity index (χ1v) is 16.5. The Bertz CT molecular complexity index is 1870. The van der Waals surface area contributed by atoms with Crippen LogP contribution in [-0.2, 0) is 16.1 Å². The van der Waals surface area contributed by atoms with Crippen LogP contribution in [0.25, 0.3) is 27.8 Å². The van der Waals surface area contributed by atoms with Crippen molar-refractivity contribution in [1.29, 1.82) is 0 Å². The number of hydrogen-bond acceptors (Lipinski definition) is 6. The molecule has 2 fully saturated rings. The number of ketones is 1. The van der Waals surface area contributed by atoms with Gasteiger partial charge in [0.05, 0.1) is 5.69 Å². The van der Waals surface area contributed by atoms with Crippen molar-refractivity contribution in [2.24, 2.45) is 0 Å². The van der Waals surface area contributed by atoms with E-state index in [1.807, 2.05) is 32.2 Å². The number of alkyl halides is 2. The summed E-state index contributed by atoms with van der Waals surface area (Å²) in [6.07, 6.45) is 5.88. The van der Waals surface area contributed by atoms with Gasteiger partial charge in [-0.3, -0.25) is 0 Å². The van der Waals surface area contributed by atoms with E-state index in [0.29, 0.717) is 39.8 Å². The molecule has 0 aliphatic carbocycles. The van der Waals surface area contributed by atoms with Crippen molar-refractivity contribution < 1.29 is 40.0 Å². The van der Waals surface area contributed by atoms with Crippen LogP contribution in [0.1, 0.15) is 62.8 Å². The quantitative estimate of drug-likeness (QED) is 0.134. The summed E-state index contributed by atoms with van der Waals surface area (Å²) < 4.78 is 18.0. The number of hydrogen-bond donors (Lipinski definition) is 1. The maximum atomic E-state index is 14.5. The van der Waals surface area contributed by atoms with E-state index in [9.17, 15) is 18.8 Å². The molecule has 4 atom stereocenters. The van der Waals surface area contributed by atoms with Gasteiger partial charge in [0, 0.05) is 6.07 Å². The van der Waals surface area contributed by atoms with Crippen LogP contribution in [0, 0.1) is 13.8 Å². The number of nitrogens with one attached hydrogen (secondary N) is 1. The van der Waals surface area contributed by atoms with Gasteiger partial charge in [0.1, 0.15) is 0 Å². The second-order valence-electron chi connectivity index (χ2n) is 12.0. The average Bonchev–Trinajstić information content (AvgIpc) is 3.21. The number of aryl methyl sites for hydroxylation is 2. The van der Waals surface area contributed by atoms with E-state index in [1.165, 1.54) is 6.92 Å². The Kier molecular flexibility index (Phi) is 7.17. The molecule has 6 rings (SSSR count). The second kappa shape index (κ2) is 10.5. The summed E-state index contributed by atoms with van der Waals surface area (Å²) in [4.78, 5) is 51.0. The third-order valence-corrected chi connectivity index (χ3v) is 12.6. The Labute approximate surface area is 259 Å². The molecule has 43 heavy (non-hydrogen) atoms. The number of Topliss-reactive ketones (excluding diaryl/α,β-unsaturated/α-hetero) is 1. The normalized spacial score (nSPS) is 21.8. The summed E-state index contributed by atoms with van der Waals surface area (Å²) in [5.41, 5.74) is 5.33. The fraction of sp³-hybridized carbons (Fsp3) is 0.419. The Balaban J connectivity index is 1.32. The molecule has 0 radical (unpaired) electrons. The van der Waals surface area contributed by atoms with Gasteiger partial charge in [-0.05, 0) is 6.92 Å². The molecule has 2 aliphatic heterocycles. The van der Waals surface area contributed by atoms with Crippen LogP contribution in [0.3, 0.4) is 0 Å². The van der Waals surface area contributed by atoms with Crippen LogP contribution in [0.2, 0.25) is 0 Å². The predicted octanol–water partition coefficient (Wildman–Crippen LogP) is 1.12. The minimum absolute atomic E-state index is 0.0211. The van der Waals surface area contributed by atoms with E-state index in [2.05, 4.69) is 22.3 Å². The molecule has 0 spiro atoms. The van der Waals surface area contributed by atoms with Crippen molar-refractivity contribution in [1.82, 2.24) is 34.4 Å². The van der Waals surface area contributed by atoms with E-state index < -0.39 is 12.1 Å². The zero-order chi connectivity index (χ0) is 31.0. The van der Waals surface area contributed by atoms with Crippen LogP contribution in [0.4, 0.5) is 4.39 Å². The van der Waals surface area contributed by atoms with Crippen molar-refractivity contribution >= 4 is 34.1 Å². The number of carbonyl (C=O) groups is 3. The van der Waals surface area contributed by atoms with Gasteiger partial charge in [-0.15, -0.1) is 0 Å². The van der Waals surface area contributed by atoms with Gasteiger partial charge < -0.3 is 0 Å². The van der Waals surface area contributed by atoms with E-state index in [0.717, 1.165) is 16.9 Å². The molecule has 10 nitrogen and oxygen atoms in total. The molecule has 2 amide bonds. The number of fused-ring (bicyclic) bond motifs is 3. The van der Waals surface area contributed by atoms with Crippen molar-refractivity contribution in [3.63, 3.8) is 0 Å². The van der Waals surface area contributed by atoms with Gasteiger partial charge in [-0.2, -0.15) is 5.10 Å². The molecule has 0 saturated carbocycles. The van der Waals surface area contributed by atoms with Crippen molar-refractivity contribution in [2.45, 2.75) is 81.0 Å². The molecule has 2 saturated heterocycles. The van der Waals surface area contributed by atoms with Gasteiger partial charge in [0.15, 0.2) is 5.65 Å². The SMILES string of the molecule is CC(=O)c1cn(CC(=O)N2[C@H](C(=O)N[C@@H](C)C(F)=C(C)C)C[C@@]3(C)[I-][C@@H]23)c2c(C)nc(-c3cnc4cc(C)nn4c3)cc12. The van der Waals surface area contributed by atoms with E-state index in [4.69, 9.17) is 4.98 Å². The maximum absolute atomic E-state index is 14.5. The number of amides is 2. The molecule has 6 heterocycles. The van der Waals surface area contributed by atoms with Gasteiger partial charge in [-0.25, -0.2) is 0 Å². The Morgan fingerprint density at radius 3 is 2.63 bits per heavy atom. The van der Waals surface area contributed by atoms with Gasteiger partial charge in [-0.1, -0.05) is 0 Å². The van der Waals surface area contributed by atoms with Crippen LogP contribution < -0.4 is 26.5 Å². The fourth-order valence-electron chi connectivity index (χ4n) is 6.08. The molecule has 226 valence electrons. The number of allylic oxidation sites excluding steroid dienone is 1. The van der Waals surface area contributed by atoms with Gasteiger partial charge in [0.25, 0.3) is 0 Å². The number of pyridine rings is 1. The van der Waals surface area contributed by atoms with E-state index in [1.54, 1.807) is 47.1 Å². The van der Waals surface area contributed by atoms with Crippen LogP contribution in [0.15, 0.2) is 42.1 Å². The van der Waals surface area contributed by atoms with Crippen LogP contribution in [-0.4, -0.2) is 66.2 Å². The average molecular weight is 699 g/mol. The molecular weight excluding hydrogens is 664 g/mol. The summed E-state index contributed by atoms with van der Waals surface area (Å²) in [7, 11) is 0. The summed E-state index contributed by atoms with van der Waals surface area (Å²) in [5.74, 6) is -1.03. The molecule has 0 unspecified atom stereocenters.